The second kappa shape index (κ2) is 4.53. The molecule has 8 nitrogen and oxygen atoms in total. The lowest BCUT2D eigenvalue weighted by atomic mass is 10.2. The molecule has 0 aliphatic rings. The molecule has 0 spiro atoms. The minimum Gasteiger partial charge on any atom is -0.481 e. The minimum absolute atomic E-state index is 0.000850. The van der Waals surface area contributed by atoms with Gasteiger partial charge in [-0.3, -0.25) is 19.4 Å². The maximum absolute atomic E-state index is 11.6. The van der Waals surface area contributed by atoms with Crippen LogP contribution in [0.25, 0.3) is 11.2 Å². The largest absolute Gasteiger partial charge is 0.481 e. The fourth-order valence-electron chi connectivity index (χ4n) is 1.44. The maximum Gasteiger partial charge on any atom is 0.303 e. The molecule has 2 rings (SSSR count). The standard InChI is InChI=1S/C9H8N4O4S/c14-4(15)2-1-3-7(16)11-6-5(10-3)8(17)13-9(18)12-6/h1-2H2,(H,14,15)(H3,11,12,13,16,17,18). The molecule has 0 fully saturated rings. The molecule has 0 amide bonds. The molecule has 0 aromatic carbocycles. The average molecular weight is 268 g/mol. The van der Waals surface area contributed by atoms with E-state index in [-0.39, 0.29) is 34.5 Å². The summed E-state index contributed by atoms with van der Waals surface area (Å²) in [4.78, 5) is 44.8. The van der Waals surface area contributed by atoms with Crippen LogP contribution in [0, 0.1) is 4.77 Å². The number of carboxylic acid groups (broad SMARTS) is 1. The Morgan fingerprint density at radius 1 is 1.22 bits per heavy atom. The number of carbonyl (C=O) groups is 1. The summed E-state index contributed by atoms with van der Waals surface area (Å²) >= 11 is 4.75. The quantitative estimate of drug-likeness (QED) is 0.564. The smallest absolute Gasteiger partial charge is 0.303 e. The van der Waals surface area contributed by atoms with Gasteiger partial charge in [0, 0.05) is 6.42 Å². The Kier molecular flexibility index (Phi) is 3.06. The van der Waals surface area contributed by atoms with Crippen molar-refractivity contribution in [2.24, 2.45) is 0 Å². The number of aromatic amines is 3. The van der Waals surface area contributed by atoms with E-state index in [0.29, 0.717) is 0 Å². The van der Waals surface area contributed by atoms with E-state index in [4.69, 9.17) is 17.3 Å². The van der Waals surface area contributed by atoms with Crippen molar-refractivity contribution < 1.29 is 9.90 Å². The second-order valence-electron chi connectivity index (χ2n) is 3.54. The summed E-state index contributed by atoms with van der Waals surface area (Å²) in [5, 5.41) is 8.54. The first-order valence-corrected chi connectivity index (χ1v) is 5.35. The van der Waals surface area contributed by atoms with Crippen LogP contribution < -0.4 is 11.1 Å². The van der Waals surface area contributed by atoms with E-state index in [1.807, 2.05) is 0 Å². The van der Waals surface area contributed by atoms with Crippen molar-refractivity contribution in [3.05, 3.63) is 31.2 Å². The predicted molar refractivity (Wildman–Crippen MR) is 64.1 cm³/mol. The van der Waals surface area contributed by atoms with Crippen molar-refractivity contribution in [3.8, 4) is 0 Å². The molecule has 18 heavy (non-hydrogen) atoms. The van der Waals surface area contributed by atoms with Crippen molar-refractivity contribution in [1.29, 1.82) is 0 Å². The van der Waals surface area contributed by atoms with E-state index in [0.717, 1.165) is 0 Å². The fraction of sp³-hybridized carbons (Fsp3) is 0.222. The molecule has 0 saturated carbocycles. The highest BCUT2D eigenvalue weighted by Crippen LogP contribution is 1.99. The first kappa shape index (κ1) is 12.2. The summed E-state index contributed by atoms with van der Waals surface area (Å²) in [6.07, 6.45) is -0.280. The number of aryl methyl sites for hydroxylation is 1. The van der Waals surface area contributed by atoms with Gasteiger partial charge in [-0.1, -0.05) is 0 Å². The molecule has 0 atom stereocenters. The van der Waals surface area contributed by atoms with Gasteiger partial charge in [-0.05, 0) is 12.2 Å². The highest BCUT2D eigenvalue weighted by Gasteiger charge is 2.09. The van der Waals surface area contributed by atoms with Gasteiger partial charge in [-0.15, -0.1) is 0 Å². The summed E-state index contributed by atoms with van der Waals surface area (Å²) in [5.41, 5.74) is -0.973. The van der Waals surface area contributed by atoms with Gasteiger partial charge in [0.25, 0.3) is 11.1 Å². The molecule has 0 radical (unpaired) electrons. The van der Waals surface area contributed by atoms with Gasteiger partial charge < -0.3 is 15.1 Å². The van der Waals surface area contributed by atoms with Gasteiger partial charge in [-0.2, -0.15) is 0 Å². The number of fused-ring (bicyclic) bond motifs is 1. The number of carboxylic acids is 1. The molecule has 94 valence electrons. The van der Waals surface area contributed by atoms with Crippen LogP contribution in [0.3, 0.4) is 0 Å². The Hall–Kier alpha value is -2.29. The van der Waals surface area contributed by atoms with Crippen LogP contribution >= 0.6 is 12.2 Å². The minimum atomic E-state index is -1.04. The monoisotopic (exact) mass is 268 g/mol. The molecule has 0 aliphatic heterocycles. The Morgan fingerprint density at radius 2 is 1.94 bits per heavy atom. The van der Waals surface area contributed by atoms with E-state index in [1.54, 1.807) is 0 Å². The van der Waals surface area contributed by atoms with Crippen LogP contribution in [0.2, 0.25) is 0 Å². The van der Waals surface area contributed by atoms with Crippen molar-refractivity contribution in [2.75, 3.05) is 0 Å². The lowest BCUT2D eigenvalue weighted by molar-refractivity contribution is -0.136. The van der Waals surface area contributed by atoms with Crippen molar-refractivity contribution in [2.45, 2.75) is 12.8 Å². The zero-order valence-corrected chi connectivity index (χ0v) is 9.76. The highest BCUT2D eigenvalue weighted by atomic mass is 32.1. The van der Waals surface area contributed by atoms with E-state index >= 15 is 0 Å². The topological polar surface area (TPSA) is 132 Å². The predicted octanol–water partition coefficient (Wildman–Crippen LogP) is -0.314. The van der Waals surface area contributed by atoms with Gasteiger partial charge in [-0.25, -0.2) is 4.98 Å². The average Bonchev–Trinajstić information content (AvgIpc) is 2.26. The molecule has 2 aromatic rings. The van der Waals surface area contributed by atoms with E-state index in [1.165, 1.54) is 0 Å². The molecule has 0 saturated heterocycles. The van der Waals surface area contributed by atoms with Gasteiger partial charge in [0.1, 0.15) is 11.3 Å². The van der Waals surface area contributed by atoms with Crippen LogP contribution in [-0.2, 0) is 11.2 Å². The van der Waals surface area contributed by atoms with E-state index in [9.17, 15) is 14.4 Å². The molecular weight excluding hydrogens is 260 g/mol. The molecule has 2 aromatic heterocycles. The zero-order chi connectivity index (χ0) is 13.3. The summed E-state index contributed by atoms with van der Waals surface area (Å²) in [5.74, 6) is -1.04. The van der Waals surface area contributed by atoms with Crippen LogP contribution in [0.15, 0.2) is 9.59 Å². The summed E-state index contributed by atoms with van der Waals surface area (Å²) in [7, 11) is 0. The number of aromatic nitrogens is 4. The summed E-state index contributed by atoms with van der Waals surface area (Å²) in [6, 6.07) is 0. The van der Waals surface area contributed by atoms with Crippen molar-refractivity contribution >= 4 is 29.4 Å². The third-order valence-corrected chi connectivity index (χ3v) is 2.44. The van der Waals surface area contributed by atoms with Crippen LogP contribution in [0.4, 0.5) is 0 Å². The highest BCUT2D eigenvalue weighted by molar-refractivity contribution is 7.71. The molecule has 9 heteroatoms. The number of hydrogen-bond donors (Lipinski definition) is 4. The Morgan fingerprint density at radius 3 is 2.61 bits per heavy atom. The Labute approximate surface area is 104 Å². The zero-order valence-electron chi connectivity index (χ0n) is 8.94. The van der Waals surface area contributed by atoms with E-state index < -0.39 is 17.1 Å². The van der Waals surface area contributed by atoms with Gasteiger partial charge >= 0.3 is 5.97 Å². The SMILES string of the molecule is O=C(O)CCc1nc2c(=O)[nH]c(=S)[nH]c2[nH]c1=O. The van der Waals surface area contributed by atoms with Gasteiger partial charge in [0.05, 0.1) is 6.42 Å². The third kappa shape index (κ3) is 2.35. The number of nitrogens with zero attached hydrogens (tertiary/aromatic N) is 1. The van der Waals surface area contributed by atoms with Crippen LogP contribution in [-0.4, -0.2) is 31.0 Å². The van der Waals surface area contributed by atoms with Gasteiger partial charge in [0.15, 0.2) is 10.3 Å². The summed E-state index contributed by atoms with van der Waals surface area (Å²) < 4.78 is 0.0724. The van der Waals surface area contributed by atoms with Crippen molar-refractivity contribution in [1.82, 2.24) is 19.9 Å². The maximum atomic E-state index is 11.6. The van der Waals surface area contributed by atoms with Crippen LogP contribution in [0.5, 0.6) is 0 Å². The molecule has 0 unspecified atom stereocenters. The number of nitrogens with one attached hydrogen (secondary N) is 3. The molecular formula is C9H8N4O4S. The van der Waals surface area contributed by atoms with Crippen LogP contribution in [0.1, 0.15) is 12.1 Å². The lowest BCUT2D eigenvalue weighted by Crippen LogP contribution is -2.21. The summed E-state index contributed by atoms with van der Waals surface area (Å²) in [6.45, 7) is 0. The van der Waals surface area contributed by atoms with Gasteiger partial charge in [0.2, 0.25) is 0 Å². The normalized spacial score (nSPS) is 10.7. The second-order valence-corrected chi connectivity index (χ2v) is 3.95. The Balaban J connectivity index is 2.61. The number of aliphatic carboxylic acids is 1. The Bertz CT molecular complexity index is 787. The molecule has 2 heterocycles. The molecule has 4 N–H and O–H groups in total. The number of hydrogen-bond acceptors (Lipinski definition) is 5. The molecule has 0 bridgehead atoms. The lowest BCUT2D eigenvalue weighted by Gasteiger charge is -2.00. The first-order chi connectivity index (χ1) is 8.47. The third-order valence-electron chi connectivity index (χ3n) is 2.24. The van der Waals surface area contributed by atoms with E-state index in [2.05, 4.69) is 19.9 Å². The molecule has 0 aliphatic carbocycles. The fourth-order valence-corrected chi connectivity index (χ4v) is 1.64. The first-order valence-electron chi connectivity index (χ1n) is 4.94. The van der Waals surface area contributed by atoms with Crippen molar-refractivity contribution in [3.63, 3.8) is 0 Å². The number of H-pyrrole nitrogens is 3. The number of rotatable bonds is 3.